The molecule has 1 unspecified atom stereocenters. The van der Waals surface area contributed by atoms with Gasteiger partial charge in [0.2, 0.25) is 11.8 Å². The lowest BCUT2D eigenvalue weighted by atomic mass is 9.89. The maximum absolute atomic E-state index is 12.2. The Kier molecular flexibility index (Phi) is 5.61. The number of anilines is 1. The number of halogens is 2. The van der Waals surface area contributed by atoms with Crippen LogP contribution in [0.5, 0.6) is 0 Å². The van der Waals surface area contributed by atoms with Crippen LogP contribution >= 0.6 is 23.2 Å². The molecule has 0 saturated heterocycles. The number of hydrogen-bond donors (Lipinski definition) is 2. The molecule has 1 aliphatic rings. The van der Waals surface area contributed by atoms with Gasteiger partial charge in [0.15, 0.2) is 0 Å². The molecule has 1 atom stereocenters. The molecule has 2 N–H and O–H groups in total. The van der Waals surface area contributed by atoms with E-state index in [2.05, 4.69) is 10.6 Å². The highest BCUT2D eigenvalue weighted by atomic mass is 35.5. The number of nitrogens with one attached hydrogen (secondary N) is 2. The molecular weight excluding hydrogens is 359 g/mol. The van der Waals surface area contributed by atoms with Crippen LogP contribution in [0.4, 0.5) is 5.69 Å². The van der Waals surface area contributed by atoms with E-state index >= 15 is 0 Å². The minimum Gasteiger partial charge on any atom is -0.352 e. The van der Waals surface area contributed by atoms with E-state index in [4.69, 9.17) is 23.2 Å². The van der Waals surface area contributed by atoms with Gasteiger partial charge in [-0.25, -0.2) is 0 Å². The summed E-state index contributed by atoms with van der Waals surface area (Å²) in [6, 6.07) is 12.9. The number of rotatable bonds is 5. The molecule has 0 fully saturated rings. The van der Waals surface area contributed by atoms with E-state index in [9.17, 15) is 9.59 Å². The van der Waals surface area contributed by atoms with Crippen LogP contribution in [0.15, 0.2) is 42.5 Å². The van der Waals surface area contributed by atoms with Gasteiger partial charge in [-0.15, -0.1) is 0 Å². The standard InChI is InChI=1S/C19H18Cl2N2O2/c20-15-7-5-14(16(21)10-15)11-22-18(24)8-6-13-9-12-3-1-2-4-17(12)23-19(13)25/h1-5,7,10,13H,6,8-9,11H2,(H,22,24)(H,23,25). The molecule has 6 heteroatoms. The largest absolute Gasteiger partial charge is 0.352 e. The molecule has 3 rings (SSSR count). The van der Waals surface area contributed by atoms with Crippen molar-refractivity contribution in [3.8, 4) is 0 Å². The van der Waals surface area contributed by atoms with Crippen LogP contribution in [0.25, 0.3) is 0 Å². The molecule has 1 aliphatic heterocycles. The molecule has 0 aliphatic carbocycles. The quantitative estimate of drug-likeness (QED) is 0.821. The SMILES string of the molecule is O=C(CCC1Cc2ccccc2NC1=O)NCc1ccc(Cl)cc1Cl. The number of carbonyl (C=O) groups excluding carboxylic acids is 2. The van der Waals surface area contributed by atoms with Gasteiger partial charge in [0.05, 0.1) is 0 Å². The van der Waals surface area contributed by atoms with Crippen molar-refractivity contribution >= 4 is 40.7 Å². The minimum atomic E-state index is -0.181. The van der Waals surface area contributed by atoms with Crippen LogP contribution in [0, 0.1) is 5.92 Å². The molecule has 0 saturated carbocycles. The van der Waals surface area contributed by atoms with Gasteiger partial charge < -0.3 is 10.6 Å². The Morgan fingerprint density at radius 1 is 1.20 bits per heavy atom. The zero-order valence-electron chi connectivity index (χ0n) is 13.5. The van der Waals surface area contributed by atoms with Gasteiger partial charge in [-0.05, 0) is 42.2 Å². The predicted octanol–water partition coefficient (Wildman–Crippen LogP) is 4.20. The Hall–Kier alpha value is -2.04. The predicted molar refractivity (Wildman–Crippen MR) is 99.8 cm³/mol. The summed E-state index contributed by atoms with van der Waals surface area (Å²) in [6.45, 7) is 0.342. The van der Waals surface area contributed by atoms with Gasteiger partial charge in [-0.3, -0.25) is 9.59 Å². The van der Waals surface area contributed by atoms with Gasteiger partial charge in [0.1, 0.15) is 0 Å². The maximum atomic E-state index is 12.2. The molecular formula is C19H18Cl2N2O2. The number of amides is 2. The van der Waals surface area contributed by atoms with Crippen molar-refractivity contribution in [1.29, 1.82) is 0 Å². The van der Waals surface area contributed by atoms with E-state index in [-0.39, 0.29) is 17.7 Å². The van der Waals surface area contributed by atoms with E-state index in [1.54, 1.807) is 18.2 Å². The van der Waals surface area contributed by atoms with Gasteiger partial charge in [-0.2, -0.15) is 0 Å². The summed E-state index contributed by atoms with van der Waals surface area (Å²) in [4.78, 5) is 24.2. The van der Waals surface area contributed by atoms with Crippen molar-refractivity contribution in [2.45, 2.75) is 25.8 Å². The lowest BCUT2D eigenvalue weighted by Crippen LogP contribution is -2.31. The molecule has 2 aromatic carbocycles. The third-order valence-corrected chi connectivity index (χ3v) is 4.91. The van der Waals surface area contributed by atoms with Crippen LogP contribution in [0.1, 0.15) is 24.0 Å². The first-order chi connectivity index (χ1) is 12.0. The zero-order chi connectivity index (χ0) is 17.8. The second-order valence-electron chi connectivity index (χ2n) is 6.10. The summed E-state index contributed by atoms with van der Waals surface area (Å²) >= 11 is 11.9. The molecule has 4 nitrogen and oxygen atoms in total. The normalized spacial score (nSPS) is 16.1. The average Bonchev–Trinajstić information content (AvgIpc) is 2.59. The number of fused-ring (bicyclic) bond motifs is 1. The molecule has 0 spiro atoms. The fourth-order valence-electron chi connectivity index (χ4n) is 2.90. The summed E-state index contributed by atoms with van der Waals surface area (Å²) < 4.78 is 0. The third kappa shape index (κ3) is 4.53. The zero-order valence-corrected chi connectivity index (χ0v) is 15.0. The molecule has 1 heterocycles. The minimum absolute atomic E-state index is 0.0211. The van der Waals surface area contributed by atoms with E-state index in [0.29, 0.717) is 35.9 Å². The summed E-state index contributed by atoms with van der Waals surface area (Å²) in [5.74, 6) is -0.301. The first-order valence-corrected chi connectivity index (χ1v) is 8.88. The van der Waals surface area contributed by atoms with Gasteiger partial charge in [0, 0.05) is 34.6 Å². The Bertz CT molecular complexity index is 808. The van der Waals surface area contributed by atoms with Crippen LogP contribution in [0.2, 0.25) is 10.0 Å². The third-order valence-electron chi connectivity index (χ3n) is 4.32. The summed E-state index contributed by atoms with van der Waals surface area (Å²) in [5, 5.41) is 6.82. The van der Waals surface area contributed by atoms with Gasteiger partial charge in [0.25, 0.3) is 0 Å². The van der Waals surface area contributed by atoms with Gasteiger partial charge >= 0.3 is 0 Å². The van der Waals surface area contributed by atoms with Crippen LogP contribution in [-0.4, -0.2) is 11.8 Å². The molecule has 0 bridgehead atoms. The lowest BCUT2D eigenvalue weighted by molar-refractivity contribution is -0.122. The number of hydrogen-bond acceptors (Lipinski definition) is 2. The Morgan fingerprint density at radius 2 is 2.00 bits per heavy atom. The molecule has 130 valence electrons. The molecule has 0 radical (unpaired) electrons. The average molecular weight is 377 g/mol. The summed E-state index contributed by atoms with van der Waals surface area (Å²) in [6.07, 6.45) is 1.48. The van der Waals surface area contributed by atoms with E-state index in [1.165, 1.54) is 0 Å². The lowest BCUT2D eigenvalue weighted by Gasteiger charge is -2.24. The topological polar surface area (TPSA) is 58.2 Å². The van der Waals surface area contributed by atoms with Gasteiger partial charge in [-0.1, -0.05) is 47.5 Å². The molecule has 2 aromatic rings. The van der Waals surface area contributed by atoms with Crippen molar-refractivity contribution in [2.24, 2.45) is 5.92 Å². The van der Waals surface area contributed by atoms with Crippen molar-refractivity contribution in [3.05, 3.63) is 63.6 Å². The number of benzene rings is 2. The molecule has 25 heavy (non-hydrogen) atoms. The first-order valence-electron chi connectivity index (χ1n) is 8.12. The van der Waals surface area contributed by atoms with E-state index in [1.807, 2.05) is 24.3 Å². The number of para-hydroxylation sites is 1. The van der Waals surface area contributed by atoms with E-state index in [0.717, 1.165) is 16.8 Å². The second kappa shape index (κ2) is 7.89. The second-order valence-corrected chi connectivity index (χ2v) is 6.94. The monoisotopic (exact) mass is 376 g/mol. The Labute approximate surface area is 156 Å². The summed E-state index contributed by atoms with van der Waals surface area (Å²) in [7, 11) is 0. The Morgan fingerprint density at radius 3 is 2.80 bits per heavy atom. The van der Waals surface area contributed by atoms with Crippen LogP contribution < -0.4 is 10.6 Å². The van der Waals surface area contributed by atoms with Crippen molar-refractivity contribution in [2.75, 3.05) is 5.32 Å². The maximum Gasteiger partial charge on any atom is 0.227 e. The smallest absolute Gasteiger partial charge is 0.227 e. The summed E-state index contributed by atoms with van der Waals surface area (Å²) in [5.41, 5.74) is 2.79. The van der Waals surface area contributed by atoms with Crippen LogP contribution in [-0.2, 0) is 22.6 Å². The fourth-order valence-corrected chi connectivity index (χ4v) is 3.37. The highest BCUT2D eigenvalue weighted by Gasteiger charge is 2.26. The Balaban J connectivity index is 1.50. The van der Waals surface area contributed by atoms with E-state index < -0.39 is 0 Å². The molecule has 2 amide bonds. The van der Waals surface area contributed by atoms with Crippen molar-refractivity contribution < 1.29 is 9.59 Å². The van der Waals surface area contributed by atoms with Crippen molar-refractivity contribution in [1.82, 2.24) is 5.32 Å². The van der Waals surface area contributed by atoms with Crippen LogP contribution in [0.3, 0.4) is 0 Å². The number of carbonyl (C=O) groups is 2. The highest BCUT2D eigenvalue weighted by Crippen LogP contribution is 2.27. The first kappa shape index (κ1) is 17.8. The highest BCUT2D eigenvalue weighted by molar-refractivity contribution is 6.35. The molecule has 0 aromatic heterocycles. The fraction of sp³-hybridized carbons (Fsp3) is 0.263. The van der Waals surface area contributed by atoms with Crippen molar-refractivity contribution in [3.63, 3.8) is 0 Å².